The number of carbonyl (C=O) groups is 2. The first-order chi connectivity index (χ1) is 12.1. The van der Waals surface area contributed by atoms with E-state index in [2.05, 4.69) is 0 Å². The molecule has 144 valence electrons. The second kappa shape index (κ2) is 7.71. The smallest absolute Gasteiger partial charge is 0.338 e. The molecule has 0 radical (unpaired) electrons. The van der Waals surface area contributed by atoms with Crippen molar-refractivity contribution in [3.63, 3.8) is 0 Å². The number of hydrogen-bond donors (Lipinski definition) is 1. The van der Waals surface area contributed by atoms with E-state index in [-0.39, 0.29) is 19.6 Å². The second-order valence-corrected chi connectivity index (χ2v) is 8.83. The molecule has 26 heavy (non-hydrogen) atoms. The van der Waals surface area contributed by atoms with Gasteiger partial charge in [0, 0.05) is 25.1 Å². The Morgan fingerprint density at radius 2 is 2.00 bits per heavy atom. The van der Waals surface area contributed by atoms with Crippen LogP contribution in [0.1, 0.15) is 18.9 Å². The third kappa shape index (κ3) is 4.04. The molecule has 1 saturated heterocycles. The summed E-state index contributed by atoms with van der Waals surface area (Å²) in [5.74, 6) is -2.26. The van der Waals surface area contributed by atoms with Gasteiger partial charge in [-0.25, -0.2) is 17.6 Å². The maximum Gasteiger partial charge on any atom is 0.338 e. The molecule has 3 unspecified atom stereocenters. The Morgan fingerprint density at radius 1 is 1.38 bits per heavy atom. The number of halogens is 1. The summed E-state index contributed by atoms with van der Waals surface area (Å²) in [5.41, 5.74) is 0.670. The van der Waals surface area contributed by atoms with Crippen LogP contribution in [0.15, 0.2) is 30.3 Å². The number of ether oxygens (including phenoxy) is 1. The number of carbonyl (C=O) groups excluding carboxylic acids is 1. The molecule has 1 aliphatic heterocycles. The summed E-state index contributed by atoms with van der Waals surface area (Å²) in [6.07, 6.45) is -1.74. The van der Waals surface area contributed by atoms with Gasteiger partial charge >= 0.3 is 5.97 Å². The first kappa shape index (κ1) is 20.3. The number of amides is 1. The maximum absolute atomic E-state index is 13.7. The van der Waals surface area contributed by atoms with Gasteiger partial charge in [0.2, 0.25) is 5.91 Å². The lowest BCUT2D eigenvalue weighted by atomic mass is 9.99. The molecule has 1 heterocycles. The zero-order valence-corrected chi connectivity index (χ0v) is 15.4. The molecule has 2 rings (SSSR count). The van der Waals surface area contributed by atoms with E-state index in [0.717, 1.165) is 11.2 Å². The standard InChI is InChI=1S/C17H22FNO6S/c1-12(8-14(18)16(21)22)19-15(20)10-25-11-17(19,26(2,23)24)9-13-6-4-3-5-7-13/h3-7,12,14H,8-11H2,1-2H3,(H,21,22). The van der Waals surface area contributed by atoms with E-state index in [1.54, 1.807) is 30.3 Å². The molecule has 0 aromatic heterocycles. The average Bonchev–Trinajstić information content (AvgIpc) is 2.54. The first-order valence-corrected chi connectivity index (χ1v) is 9.98. The lowest BCUT2D eigenvalue weighted by Gasteiger charge is -2.48. The van der Waals surface area contributed by atoms with E-state index in [4.69, 9.17) is 9.84 Å². The van der Waals surface area contributed by atoms with Gasteiger partial charge in [0.05, 0.1) is 6.61 Å². The topological polar surface area (TPSA) is 101 Å². The summed E-state index contributed by atoms with van der Waals surface area (Å²) in [6, 6.07) is 7.78. The minimum Gasteiger partial charge on any atom is -0.479 e. The van der Waals surface area contributed by atoms with Crippen LogP contribution in [0.5, 0.6) is 0 Å². The van der Waals surface area contributed by atoms with Gasteiger partial charge in [-0.1, -0.05) is 30.3 Å². The van der Waals surface area contributed by atoms with Crippen molar-refractivity contribution in [2.24, 2.45) is 0 Å². The van der Waals surface area contributed by atoms with Crippen LogP contribution in [-0.2, 0) is 30.6 Å². The molecule has 1 fully saturated rings. The molecule has 9 heteroatoms. The fourth-order valence-corrected chi connectivity index (χ4v) is 4.65. The SMILES string of the molecule is CC(CC(F)C(=O)O)N1C(=O)COCC1(Cc1ccccc1)S(C)(=O)=O. The van der Waals surface area contributed by atoms with E-state index in [0.29, 0.717) is 5.56 Å². The minimum absolute atomic E-state index is 0.0349. The van der Waals surface area contributed by atoms with Gasteiger partial charge in [-0.05, 0) is 12.5 Å². The predicted molar refractivity (Wildman–Crippen MR) is 92.0 cm³/mol. The van der Waals surface area contributed by atoms with Crippen LogP contribution in [0.4, 0.5) is 4.39 Å². The summed E-state index contributed by atoms with van der Waals surface area (Å²) >= 11 is 0. The largest absolute Gasteiger partial charge is 0.479 e. The zero-order valence-electron chi connectivity index (χ0n) is 14.6. The summed E-state index contributed by atoms with van der Waals surface area (Å²) in [5, 5.41) is 8.80. The van der Waals surface area contributed by atoms with Crippen molar-refractivity contribution < 1.29 is 32.2 Å². The van der Waals surface area contributed by atoms with Crippen LogP contribution in [0.2, 0.25) is 0 Å². The van der Waals surface area contributed by atoms with Crippen LogP contribution in [0.25, 0.3) is 0 Å². The van der Waals surface area contributed by atoms with Crippen molar-refractivity contribution in [3.05, 3.63) is 35.9 Å². The fourth-order valence-electron chi connectivity index (χ4n) is 3.29. The lowest BCUT2D eigenvalue weighted by molar-refractivity contribution is -0.157. The van der Waals surface area contributed by atoms with Crippen molar-refractivity contribution >= 4 is 21.7 Å². The van der Waals surface area contributed by atoms with Gasteiger partial charge in [-0.3, -0.25) is 4.79 Å². The number of carboxylic acid groups (broad SMARTS) is 1. The Hall–Kier alpha value is -2.00. The van der Waals surface area contributed by atoms with E-state index in [9.17, 15) is 22.4 Å². The van der Waals surface area contributed by atoms with Crippen molar-refractivity contribution in [1.82, 2.24) is 4.90 Å². The molecular weight excluding hydrogens is 365 g/mol. The third-order valence-corrected chi connectivity index (χ3v) is 6.37. The van der Waals surface area contributed by atoms with Gasteiger partial charge in [-0.15, -0.1) is 0 Å². The van der Waals surface area contributed by atoms with Crippen LogP contribution in [0.3, 0.4) is 0 Å². The summed E-state index contributed by atoms with van der Waals surface area (Å²) in [4.78, 5) is 22.7. The van der Waals surface area contributed by atoms with Gasteiger partial charge in [0.1, 0.15) is 6.61 Å². The Balaban J connectivity index is 2.47. The monoisotopic (exact) mass is 387 g/mol. The lowest BCUT2D eigenvalue weighted by Crippen LogP contribution is -2.67. The molecule has 1 aliphatic rings. The molecule has 1 amide bonds. The molecule has 0 aliphatic carbocycles. The van der Waals surface area contributed by atoms with Crippen LogP contribution in [-0.4, -0.2) is 66.9 Å². The number of nitrogens with zero attached hydrogens (tertiary/aromatic N) is 1. The summed E-state index contributed by atoms with van der Waals surface area (Å²) in [7, 11) is -3.86. The number of morpholine rings is 1. The highest BCUT2D eigenvalue weighted by atomic mass is 32.2. The Kier molecular flexibility index (Phi) is 6.02. The first-order valence-electron chi connectivity index (χ1n) is 8.09. The van der Waals surface area contributed by atoms with Gasteiger partial charge in [-0.2, -0.15) is 0 Å². The molecule has 1 aromatic rings. The molecule has 0 bridgehead atoms. The van der Waals surface area contributed by atoms with Crippen LogP contribution in [0, 0.1) is 0 Å². The summed E-state index contributed by atoms with van der Waals surface area (Å²) in [6.45, 7) is 0.852. The Bertz CT molecular complexity index is 769. The molecule has 7 nitrogen and oxygen atoms in total. The molecule has 1 N–H and O–H groups in total. The highest BCUT2D eigenvalue weighted by Gasteiger charge is 2.53. The predicted octanol–water partition coefficient (Wildman–Crippen LogP) is 1.03. The molecule has 0 spiro atoms. The third-order valence-electron chi connectivity index (χ3n) is 4.53. The number of benzene rings is 1. The van der Waals surface area contributed by atoms with Crippen LogP contribution < -0.4 is 0 Å². The van der Waals surface area contributed by atoms with E-state index < -0.39 is 45.2 Å². The van der Waals surface area contributed by atoms with Crippen LogP contribution >= 0.6 is 0 Å². The fraction of sp³-hybridized carbons (Fsp3) is 0.529. The minimum atomic E-state index is -3.86. The molecular formula is C17H22FNO6S. The van der Waals surface area contributed by atoms with E-state index in [1.165, 1.54) is 6.92 Å². The number of hydrogen-bond acceptors (Lipinski definition) is 5. The van der Waals surface area contributed by atoms with Crippen molar-refractivity contribution in [2.45, 2.75) is 36.8 Å². The summed E-state index contributed by atoms with van der Waals surface area (Å²) < 4.78 is 44.4. The highest BCUT2D eigenvalue weighted by molar-refractivity contribution is 7.92. The van der Waals surface area contributed by atoms with Crippen molar-refractivity contribution in [2.75, 3.05) is 19.5 Å². The second-order valence-electron chi connectivity index (χ2n) is 6.53. The van der Waals surface area contributed by atoms with Crippen molar-refractivity contribution in [3.8, 4) is 0 Å². The number of sulfone groups is 1. The quantitative estimate of drug-likeness (QED) is 0.750. The number of aliphatic carboxylic acids is 1. The molecule has 1 aromatic carbocycles. The van der Waals surface area contributed by atoms with Gasteiger partial charge in [0.25, 0.3) is 0 Å². The number of carboxylic acids is 1. The normalized spacial score (nSPS) is 23.5. The van der Waals surface area contributed by atoms with Gasteiger partial charge in [0.15, 0.2) is 20.9 Å². The Morgan fingerprint density at radius 3 is 2.54 bits per heavy atom. The highest BCUT2D eigenvalue weighted by Crippen LogP contribution is 2.34. The maximum atomic E-state index is 13.7. The van der Waals surface area contributed by atoms with E-state index >= 15 is 0 Å². The average molecular weight is 387 g/mol. The van der Waals surface area contributed by atoms with E-state index in [1.807, 2.05) is 0 Å². The molecule has 0 saturated carbocycles. The Labute approximate surface area is 151 Å². The van der Waals surface area contributed by atoms with Crippen molar-refractivity contribution in [1.29, 1.82) is 0 Å². The number of rotatable bonds is 7. The molecule has 3 atom stereocenters. The number of alkyl halides is 1. The van der Waals surface area contributed by atoms with Gasteiger partial charge < -0.3 is 14.7 Å². The zero-order chi connectivity index (χ0) is 19.5.